The molecule has 1 fully saturated rings. The number of hydrogen-bond acceptors (Lipinski definition) is 2. The van der Waals surface area contributed by atoms with E-state index in [4.69, 9.17) is 9.84 Å². The quantitative estimate of drug-likeness (QED) is 0.786. The van der Waals surface area contributed by atoms with Crippen molar-refractivity contribution in [1.29, 1.82) is 0 Å². The highest BCUT2D eigenvalue weighted by Gasteiger charge is 2.15. The lowest BCUT2D eigenvalue weighted by Crippen LogP contribution is -2.07. The van der Waals surface area contributed by atoms with E-state index in [0.29, 0.717) is 0 Å². The van der Waals surface area contributed by atoms with E-state index >= 15 is 0 Å². The molecule has 1 saturated carbocycles. The topological polar surface area (TPSA) is 29.5 Å². The van der Waals surface area contributed by atoms with Gasteiger partial charge in [-0.3, -0.25) is 0 Å². The van der Waals surface area contributed by atoms with Gasteiger partial charge in [0.25, 0.3) is 0 Å². The molecule has 2 heteroatoms. The maximum absolute atomic E-state index is 8.84. The van der Waals surface area contributed by atoms with Crippen LogP contribution in [0.5, 0.6) is 5.75 Å². The van der Waals surface area contributed by atoms with Crippen LogP contribution in [0.1, 0.15) is 38.2 Å². The van der Waals surface area contributed by atoms with Gasteiger partial charge in [0.05, 0.1) is 13.2 Å². The minimum atomic E-state index is 0.0694. The van der Waals surface area contributed by atoms with Crippen molar-refractivity contribution in [2.45, 2.75) is 32.6 Å². The van der Waals surface area contributed by atoms with Crippen LogP contribution in [0.4, 0.5) is 0 Å². The van der Waals surface area contributed by atoms with Gasteiger partial charge in [-0.15, -0.1) is 0 Å². The van der Waals surface area contributed by atoms with Gasteiger partial charge < -0.3 is 9.84 Å². The van der Waals surface area contributed by atoms with Gasteiger partial charge in [-0.2, -0.15) is 0 Å². The monoisotopic (exact) mass is 272 g/mol. The molecule has 0 amide bonds. The van der Waals surface area contributed by atoms with Crippen molar-refractivity contribution in [3.05, 3.63) is 48.1 Å². The standard InChI is InChI=1S/C18H24O2/c1-2-16(8-5-13-19)17-9-11-18(12-10-17)20-14-15-6-3-4-7-15/h2,5,8-12,15,19H,3-4,6-7,13-14H2,1H3/b8-5-,16-2+. The molecule has 0 aliphatic heterocycles. The van der Waals surface area contributed by atoms with Crippen LogP contribution in [0, 0.1) is 5.92 Å². The molecule has 0 atom stereocenters. The Labute approximate surface area is 121 Å². The first-order chi connectivity index (χ1) is 9.83. The van der Waals surface area contributed by atoms with Gasteiger partial charge in [0.1, 0.15) is 5.75 Å². The van der Waals surface area contributed by atoms with Gasteiger partial charge in [0.2, 0.25) is 0 Å². The molecule has 0 radical (unpaired) electrons. The third-order valence-electron chi connectivity index (χ3n) is 3.86. The Morgan fingerprint density at radius 2 is 1.95 bits per heavy atom. The van der Waals surface area contributed by atoms with Crippen molar-refractivity contribution in [2.24, 2.45) is 5.92 Å². The van der Waals surface area contributed by atoms with Crippen molar-refractivity contribution < 1.29 is 9.84 Å². The van der Waals surface area contributed by atoms with Crippen molar-refractivity contribution in [1.82, 2.24) is 0 Å². The van der Waals surface area contributed by atoms with Crippen molar-refractivity contribution >= 4 is 5.57 Å². The van der Waals surface area contributed by atoms with Gasteiger partial charge in [0, 0.05) is 0 Å². The summed E-state index contributed by atoms with van der Waals surface area (Å²) in [6.07, 6.45) is 11.1. The Balaban J connectivity index is 1.93. The minimum Gasteiger partial charge on any atom is -0.493 e. The molecule has 0 unspecified atom stereocenters. The van der Waals surface area contributed by atoms with Gasteiger partial charge in [-0.25, -0.2) is 0 Å². The van der Waals surface area contributed by atoms with Crippen LogP contribution in [0.2, 0.25) is 0 Å². The zero-order valence-electron chi connectivity index (χ0n) is 12.2. The van der Waals surface area contributed by atoms with E-state index in [2.05, 4.69) is 12.1 Å². The number of ether oxygens (including phenoxy) is 1. The molecule has 1 aromatic carbocycles. The molecular formula is C18H24O2. The maximum atomic E-state index is 8.84. The number of rotatable bonds is 6. The Hall–Kier alpha value is -1.54. The Morgan fingerprint density at radius 3 is 2.55 bits per heavy atom. The molecule has 2 nitrogen and oxygen atoms in total. The van der Waals surface area contributed by atoms with E-state index in [-0.39, 0.29) is 6.61 Å². The van der Waals surface area contributed by atoms with Crippen molar-refractivity contribution in [3.63, 3.8) is 0 Å². The summed E-state index contributed by atoms with van der Waals surface area (Å²) in [5.74, 6) is 1.69. The summed E-state index contributed by atoms with van der Waals surface area (Å²) in [7, 11) is 0. The average Bonchev–Trinajstić information content (AvgIpc) is 3.00. The predicted molar refractivity (Wildman–Crippen MR) is 83.8 cm³/mol. The second-order valence-corrected chi connectivity index (χ2v) is 5.31. The SMILES string of the molecule is C/C=C(\C=C/CO)c1ccc(OCC2CCCC2)cc1. The maximum Gasteiger partial charge on any atom is 0.119 e. The molecule has 108 valence electrons. The summed E-state index contributed by atoms with van der Waals surface area (Å²) in [6, 6.07) is 8.20. The number of allylic oxidation sites excluding steroid dienone is 3. The largest absolute Gasteiger partial charge is 0.493 e. The van der Waals surface area contributed by atoms with E-state index in [9.17, 15) is 0 Å². The molecule has 1 aliphatic rings. The van der Waals surface area contributed by atoms with E-state index in [1.165, 1.54) is 25.7 Å². The summed E-state index contributed by atoms with van der Waals surface area (Å²) in [6.45, 7) is 2.92. The molecular weight excluding hydrogens is 248 g/mol. The number of benzene rings is 1. The first-order valence-electron chi connectivity index (χ1n) is 7.50. The first-order valence-corrected chi connectivity index (χ1v) is 7.50. The van der Waals surface area contributed by atoms with E-state index in [1.54, 1.807) is 6.08 Å². The third kappa shape index (κ3) is 4.24. The highest BCUT2D eigenvalue weighted by Crippen LogP contribution is 2.26. The van der Waals surface area contributed by atoms with Gasteiger partial charge >= 0.3 is 0 Å². The van der Waals surface area contributed by atoms with Crippen molar-refractivity contribution in [2.75, 3.05) is 13.2 Å². The van der Waals surface area contributed by atoms with Gasteiger partial charge in [-0.05, 0) is 49.0 Å². The Bertz CT molecular complexity index is 451. The zero-order valence-corrected chi connectivity index (χ0v) is 12.2. The van der Waals surface area contributed by atoms with Crippen LogP contribution in [0.3, 0.4) is 0 Å². The van der Waals surface area contributed by atoms with Crippen LogP contribution >= 0.6 is 0 Å². The number of aliphatic hydroxyl groups excluding tert-OH is 1. The van der Waals surface area contributed by atoms with E-state index in [0.717, 1.165) is 29.4 Å². The van der Waals surface area contributed by atoms with Crippen LogP contribution in [0.25, 0.3) is 5.57 Å². The molecule has 0 saturated heterocycles. The highest BCUT2D eigenvalue weighted by molar-refractivity contribution is 5.73. The first kappa shape index (κ1) is 14.9. The van der Waals surface area contributed by atoms with Gasteiger partial charge in [0.15, 0.2) is 0 Å². The molecule has 0 spiro atoms. The van der Waals surface area contributed by atoms with E-state index < -0.39 is 0 Å². The van der Waals surface area contributed by atoms with Crippen LogP contribution in [-0.4, -0.2) is 18.3 Å². The average molecular weight is 272 g/mol. The number of hydrogen-bond donors (Lipinski definition) is 1. The highest BCUT2D eigenvalue weighted by atomic mass is 16.5. The second kappa shape index (κ2) is 7.91. The smallest absolute Gasteiger partial charge is 0.119 e. The van der Waals surface area contributed by atoms with Gasteiger partial charge in [-0.1, -0.05) is 43.2 Å². The fourth-order valence-electron chi connectivity index (χ4n) is 2.67. The van der Waals surface area contributed by atoms with Crippen LogP contribution in [0.15, 0.2) is 42.5 Å². The molecule has 1 aliphatic carbocycles. The zero-order chi connectivity index (χ0) is 14.2. The summed E-state index contributed by atoms with van der Waals surface area (Å²) >= 11 is 0. The predicted octanol–water partition coefficient (Wildman–Crippen LogP) is 4.21. The van der Waals surface area contributed by atoms with E-state index in [1.807, 2.05) is 31.2 Å². The molecule has 0 heterocycles. The molecule has 0 bridgehead atoms. The molecule has 1 N–H and O–H groups in total. The minimum absolute atomic E-state index is 0.0694. The fraction of sp³-hybridized carbons (Fsp3) is 0.444. The Morgan fingerprint density at radius 1 is 1.25 bits per heavy atom. The molecule has 20 heavy (non-hydrogen) atoms. The summed E-state index contributed by atoms with van der Waals surface area (Å²) in [5.41, 5.74) is 2.26. The number of aliphatic hydroxyl groups is 1. The van der Waals surface area contributed by atoms with Crippen LogP contribution < -0.4 is 4.74 Å². The lowest BCUT2D eigenvalue weighted by atomic mass is 10.1. The summed E-state index contributed by atoms with van der Waals surface area (Å²) in [5, 5.41) is 8.84. The summed E-state index contributed by atoms with van der Waals surface area (Å²) < 4.78 is 5.86. The summed E-state index contributed by atoms with van der Waals surface area (Å²) in [4.78, 5) is 0. The lowest BCUT2D eigenvalue weighted by molar-refractivity contribution is 0.252. The molecule has 1 aromatic rings. The second-order valence-electron chi connectivity index (χ2n) is 5.31. The van der Waals surface area contributed by atoms with Crippen LogP contribution in [-0.2, 0) is 0 Å². The normalized spacial score (nSPS) is 17.0. The molecule has 2 rings (SSSR count). The lowest BCUT2D eigenvalue weighted by Gasteiger charge is -2.12. The fourth-order valence-corrected chi connectivity index (χ4v) is 2.67. The molecule has 0 aromatic heterocycles. The third-order valence-corrected chi connectivity index (χ3v) is 3.86. The van der Waals surface area contributed by atoms with Crippen molar-refractivity contribution in [3.8, 4) is 5.75 Å². The Kier molecular flexibility index (Phi) is 5.87.